The number of aryl methyl sites for hydroxylation is 1. The smallest absolute Gasteiger partial charge is 0.305 e. The van der Waals surface area contributed by atoms with Gasteiger partial charge in [-0.2, -0.15) is 10.4 Å². The van der Waals surface area contributed by atoms with E-state index in [0.29, 0.717) is 40.8 Å². The third kappa shape index (κ3) is 5.04. The van der Waals surface area contributed by atoms with Crippen molar-refractivity contribution in [3.63, 3.8) is 0 Å². The molecule has 4 rings (SSSR count). The van der Waals surface area contributed by atoms with Gasteiger partial charge in [0.1, 0.15) is 24.2 Å². The predicted molar refractivity (Wildman–Crippen MR) is 125 cm³/mol. The maximum absolute atomic E-state index is 12.8. The van der Waals surface area contributed by atoms with Gasteiger partial charge in [0, 0.05) is 11.9 Å². The summed E-state index contributed by atoms with van der Waals surface area (Å²) in [6.45, 7) is 2.26. The first-order valence-electron chi connectivity index (χ1n) is 10.8. The zero-order valence-corrected chi connectivity index (χ0v) is 18.8. The van der Waals surface area contributed by atoms with Gasteiger partial charge in [0.15, 0.2) is 11.5 Å². The molecule has 10 nitrogen and oxygen atoms in total. The lowest BCUT2D eigenvalue weighted by atomic mass is 10.1. The van der Waals surface area contributed by atoms with Crippen LogP contribution in [0.4, 0.5) is 0 Å². The van der Waals surface area contributed by atoms with Crippen LogP contribution >= 0.6 is 0 Å². The van der Waals surface area contributed by atoms with Gasteiger partial charge >= 0.3 is 5.91 Å². The Morgan fingerprint density at radius 2 is 1.74 bits per heavy atom. The Balaban J connectivity index is 1.43. The van der Waals surface area contributed by atoms with E-state index in [1.807, 2.05) is 13.0 Å². The molecular formula is C25H21N5O5. The highest BCUT2D eigenvalue weighted by molar-refractivity contribution is 6.05. The average Bonchev–Trinajstić information content (AvgIpc) is 3.37. The van der Waals surface area contributed by atoms with Crippen LogP contribution in [-0.2, 0) is 13.2 Å². The van der Waals surface area contributed by atoms with Crippen LogP contribution in [0.15, 0.2) is 69.9 Å². The van der Waals surface area contributed by atoms with E-state index >= 15 is 0 Å². The van der Waals surface area contributed by atoms with E-state index in [0.717, 1.165) is 0 Å². The number of amides is 2. The van der Waals surface area contributed by atoms with E-state index in [9.17, 15) is 14.4 Å². The summed E-state index contributed by atoms with van der Waals surface area (Å²) >= 11 is 0. The zero-order valence-electron chi connectivity index (χ0n) is 18.8. The third-order valence-corrected chi connectivity index (χ3v) is 5.07. The molecule has 176 valence electrons. The van der Waals surface area contributed by atoms with Gasteiger partial charge in [0.25, 0.3) is 11.5 Å². The Morgan fingerprint density at radius 1 is 1.03 bits per heavy atom. The summed E-state index contributed by atoms with van der Waals surface area (Å²) in [5.41, 5.74) is 4.71. The Labute approximate surface area is 199 Å². The van der Waals surface area contributed by atoms with Gasteiger partial charge in [-0.3, -0.25) is 25.2 Å². The van der Waals surface area contributed by atoms with Crippen LogP contribution < -0.4 is 21.1 Å². The summed E-state index contributed by atoms with van der Waals surface area (Å²) in [6, 6.07) is 18.4. The van der Waals surface area contributed by atoms with Gasteiger partial charge in [-0.1, -0.05) is 37.3 Å². The van der Waals surface area contributed by atoms with Gasteiger partial charge < -0.3 is 9.15 Å². The van der Waals surface area contributed by atoms with Crippen LogP contribution in [-0.4, -0.2) is 21.6 Å². The summed E-state index contributed by atoms with van der Waals surface area (Å²) in [5.74, 6) is -0.663. The van der Waals surface area contributed by atoms with Crippen LogP contribution in [0.25, 0.3) is 10.8 Å². The van der Waals surface area contributed by atoms with Crippen molar-refractivity contribution in [1.29, 1.82) is 5.26 Å². The van der Waals surface area contributed by atoms with Crippen molar-refractivity contribution >= 4 is 22.6 Å². The maximum atomic E-state index is 12.8. The molecule has 2 amide bonds. The normalized spacial score (nSPS) is 10.5. The number of furan rings is 1. The van der Waals surface area contributed by atoms with E-state index < -0.39 is 11.8 Å². The number of nitrogens with one attached hydrogen (secondary N) is 2. The average molecular weight is 471 g/mol. The summed E-state index contributed by atoms with van der Waals surface area (Å²) < 4.78 is 12.3. The Hall–Kier alpha value is -4.91. The number of benzene rings is 2. The van der Waals surface area contributed by atoms with Crippen molar-refractivity contribution in [3.8, 4) is 11.8 Å². The number of hydrogen-bond acceptors (Lipinski definition) is 7. The first-order valence-corrected chi connectivity index (χ1v) is 10.8. The summed E-state index contributed by atoms with van der Waals surface area (Å²) in [4.78, 5) is 37.9. The quantitative estimate of drug-likeness (QED) is 0.395. The van der Waals surface area contributed by atoms with Crippen LogP contribution in [0.2, 0.25) is 0 Å². The summed E-state index contributed by atoms with van der Waals surface area (Å²) in [7, 11) is 0. The largest absolute Gasteiger partial charge is 0.484 e. The number of aromatic nitrogens is 2. The minimum Gasteiger partial charge on any atom is -0.484 e. The molecule has 0 saturated carbocycles. The summed E-state index contributed by atoms with van der Waals surface area (Å²) in [6.07, 6.45) is 0.662. The van der Waals surface area contributed by atoms with E-state index in [1.165, 1.54) is 10.7 Å². The molecule has 2 aromatic heterocycles. The number of hydrazine groups is 1. The fourth-order valence-corrected chi connectivity index (χ4v) is 3.41. The van der Waals surface area contributed by atoms with Gasteiger partial charge in [-0.15, -0.1) is 0 Å². The lowest BCUT2D eigenvalue weighted by molar-refractivity contribution is 0.0826. The number of carbonyl (C=O) groups excluding carboxylic acids is 2. The monoisotopic (exact) mass is 471 g/mol. The number of rotatable bonds is 7. The van der Waals surface area contributed by atoms with Crippen LogP contribution in [0, 0.1) is 11.3 Å². The number of para-hydroxylation sites is 1. The van der Waals surface area contributed by atoms with Gasteiger partial charge in [0.05, 0.1) is 10.9 Å². The molecule has 2 aromatic carbocycles. The zero-order chi connectivity index (χ0) is 24.8. The molecule has 0 aliphatic rings. The Morgan fingerprint density at radius 3 is 2.51 bits per heavy atom. The number of nitriles is 1. The molecule has 2 heterocycles. The Kier molecular flexibility index (Phi) is 6.88. The van der Waals surface area contributed by atoms with Gasteiger partial charge in [-0.25, -0.2) is 4.68 Å². The minimum atomic E-state index is -0.687. The molecule has 0 atom stereocenters. The molecular weight excluding hydrogens is 450 g/mol. The highest BCUT2D eigenvalue weighted by Gasteiger charge is 2.18. The second-order valence-corrected chi connectivity index (χ2v) is 7.49. The molecule has 0 fully saturated rings. The first kappa shape index (κ1) is 23.3. The van der Waals surface area contributed by atoms with Crippen molar-refractivity contribution in [2.24, 2.45) is 0 Å². The number of hydrogen-bond donors (Lipinski definition) is 2. The third-order valence-electron chi connectivity index (χ3n) is 5.07. The molecule has 10 heteroatoms. The van der Waals surface area contributed by atoms with Crippen molar-refractivity contribution in [2.75, 3.05) is 0 Å². The molecule has 0 saturated heterocycles. The minimum absolute atomic E-state index is 0.00716. The fraction of sp³-hybridized carbons (Fsp3) is 0.160. The second-order valence-electron chi connectivity index (χ2n) is 7.49. The van der Waals surface area contributed by atoms with Crippen molar-refractivity contribution in [3.05, 3.63) is 93.8 Å². The van der Waals surface area contributed by atoms with E-state index in [1.54, 1.807) is 54.6 Å². The lowest BCUT2D eigenvalue weighted by Gasteiger charge is -2.11. The van der Waals surface area contributed by atoms with E-state index in [2.05, 4.69) is 16.0 Å². The van der Waals surface area contributed by atoms with Gasteiger partial charge in [0.2, 0.25) is 0 Å². The highest BCUT2D eigenvalue weighted by atomic mass is 16.5. The van der Waals surface area contributed by atoms with Crippen LogP contribution in [0.1, 0.15) is 45.7 Å². The fourth-order valence-electron chi connectivity index (χ4n) is 3.41. The molecule has 35 heavy (non-hydrogen) atoms. The molecule has 2 N–H and O–H groups in total. The lowest BCUT2D eigenvalue weighted by Crippen LogP contribution is -2.42. The van der Waals surface area contributed by atoms with Crippen molar-refractivity contribution in [1.82, 2.24) is 20.6 Å². The topological polar surface area (TPSA) is 139 Å². The van der Waals surface area contributed by atoms with Crippen molar-refractivity contribution in [2.45, 2.75) is 26.5 Å². The molecule has 0 spiro atoms. The second kappa shape index (κ2) is 10.4. The molecule has 0 aliphatic heterocycles. The van der Waals surface area contributed by atoms with Crippen LogP contribution in [0.5, 0.6) is 5.75 Å². The predicted octanol–water partition coefficient (Wildman–Crippen LogP) is 2.92. The highest BCUT2D eigenvalue weighted by Crippen LogP contribution is 2.19. The van der Waals surface area contributed by atoms with E-state index in [4.69, 9.17) is 14.4 Å². The number of fused-ring (bicyclic) bond motifs is 1. The first-order chi connectivity index (χ1) is 17.0. The Bertz CT molecular complexity index is 1500. The molecule has 0 radical (unpaired) electrons. The number of ether oxygens (including phenoxy) is 1. The number of nitrogens with zero attached hydrogens (tertiary/aromatic N) is 3. The SMILES string of the molecule is CCCn1nc(C(=O)NNC(=O)c2ccc(COc3ccccc3C#N)o2)c2ccccc2c1=O. The van der Waals surface area contributed by atoms with E-state index in [-0.39, 0.29) is 23.6 Å². The van der Waals surface area contributed by atoms with Crippen LogP contribution in [0.3, 0.4) is 0 Å². The molecule has 0 unspecified atom stereocenters. The molecule has 4 aromatic rings. The van der Waals surface area contributed by atoms with Crippen molar-refractivity contribution < 1.29 is 18.7 Å². The standard InChI is InChI=1S/C25H21N5O5/c1-2-13-30-25(33)19-9-5-4-8-18(19)22(29-30)24(32)28-27-23(31)21-12-11-17(35-21)15-34-20-10-6-3-7-16(20)14-26/h3-12H,2,13,15H2,1H3,(H,27,31)(H,28,32). The molecule has 0 bridgehead atoms. The van der Waals surface area contributed by atoms with Gasteiger partial charge in [-0.05, 0) is 36.8 Å². The molecule has 0 aliphatic carbocycles. The summed E-state index contributed by atoms with van der Waals surface area (Å²) in [5, 5.41) is 14.1. The maximum Gasteiger partial charge on any atom is 0.305 e. The number of carbonyl (C=O) groups is 2.